The predicted molar refractivity (Wildman–Crippen MR) is 91.3 cm³/mol. The number of benzene rings is 2. The Kier molecular flexibility index (Phi) is 3.00. The standard InChI is InChI=1S/C18H13BrN2/c19-14-7-3-12(4-8-14)16-9-5-13-6-10-17-15(18(13)21-16)2-1-11-20-17/h1-11,16,21H. The van der Waals surface area contributed by atoms with Crippen LogP contribution < -0.4 is 5.32 Å². The first-order valence-corrected chi connectivity index (χ1v) is 7.68. The maximum absolute atomic E-state index is 4.43. The van der Waals surface area contributed by atoms with Crippen LogP contribution in [0.15, 0.2) is 65.3 Å². The Morgan fingerprint density at radius 3 is 2.71 bits per heavy atom. The minimum absolute atomic E-state index is 0.191. The van der Waals surface area contributed by atoms with Gasteiger partial charge in [0.1, 0.15) is 0 Å². The van der Waals surface area contributed by atoms with Crippen LogP contribution in [0.5, 0.6) is 0 Å². The van der Waals surface area contributed by atoms with Gasteiger partial charge < -0.3 is 5.32 Å². The Morgan fingerprint density at radius 2 is 1.86 bits per heavy atom. The van der Waals surface area contributed by atoms with Gasteiger partial charge in [-0.15, -0.1) is 0 Å². The fourth-order valence-electron chi connectivity index (χ4n) is 2.74. The summed E-state index contributed by atoms with van der Waals surface area (Å²) in [5, 5.41) is 4.80. The number of anilines is 1. The van der Waals surface area contributed by atoms with E-state index in [0.717, 1.165) is 15.7 Å². The van der Waals surface area contributed by atoms with E-state index in [-0.39, 0.29) is 6.04 Å². The second kappa shape index (κ2) is 5.01. The minimum atomic E-state index is 0.191. The summed E-state index contributed by atoms with van der Waals surface area (Å²) in [6, 6.07) is 16.9. The van der Waals surface area contributed by atoms with Crippen molar-refractivity contribution in [1.29, 1.82) is 0 Å². The molecule has 1 aliphatic rings. The summed E-state index contributed by atoms with van der Waals surface area (Å²) in [6.07, 6.45) is 6.22. The number of nitrogens with zero attached hydrogens (tertiary/aromatic N) is 1. The lowest BCUT2D eigenvalue weighted by Gasteiger charge is -2.24. The number of nitrogens with one attached hydrogen (secondary N) is 1. The van der Waals surface area contributed by atoms with Gasteiger partial charge in [-0.1, -0.05) is 46.3 Å². The summed E-state index contributed by atoms with van der Waals surface area (Å²) in [5.74, 6) is 0. The van der Waals surface area contributed by atoms with Crippen LogP contribution in [0.4, 0.5) is 5.69 Å². The van der Waals surface area contributed by atoms with Crippen LogP contribution in [0.2, 0.25) is 0 Å². The van der Waals surface area contributed by atoms with Gasteiger partial charge in [-0.2, -0.15) is 0 Å². The highest BCUT2D eigenvalue weighted by Crippen LogP contribution is 2.35. The average Bonchev–Trinajstić information content (AvgIpc) is 2.55. The number of fused-ring (bicyclic) bond motifs is 3. The normalized spacial score (nSPS) is 16.5. The molecule has 0 bridgehead atoms. The summed E-state index contributed by atoms with van der Waals surface area (Å²) < 4.78 is 1.10. The van der Waals surface area contributed by atoms with Crippen LogP contribution in [0.1, 0.15) is 17.2 Å². The predicted octanol–water partition coefficient (Wildman–Crippen LogP) is 5.18. The smallest absolute Gasteiger partial charge is 0.0723 e. The summed E-state index contributed by atoms with van der Waals surface area (Å²) in [5.41, 5.74) is 4.65. The van der Waals surface area contributed by atoms with Gasteiger partial charge in [-0.25, -0.2) is 0 Å². The molecule has 1 aromatic heterocycles. The third-order valence-electron chi connectivity index (χ3n) is 3.81. The van der Waals surface area contributed by atoms with Crippen LogP contribution in [0, 0.1) is 0 Å². The van der Waals surface area contributed by atoms with Gasteiger partial charge in [-0.05, 0) is 41.5 Å². The maximum atomic E-state index is 4.43. The van der Waals surface area contributed by atoms with Crippen molar-refractivity contribution in [3.05, 3.63) is 76.4 Å². The molecule has 0 saturated heterocycles. The van der Waals surface area contributed by atoms with E-state index in [9.17, 15) is 0 Å². The lowest BCUT2D eigenvalue weighted by molar-refractivity contribution is 0.981. The van der Waals surface area contributed by atoms with E-state index in [0.29, 0.717) is 0 Å². The third-order valence-corrected chi connectivity index (χ3v) is 4.34. The second-order valence-corrected chi connectivity index (χ2v) is 6.05. The van der Waals surface area contributed by atoms with Crippen LogP contribution in [0.3, 0.4) is 0 Å². The van der Waals surface area contributed by atoms with E-state index in [1.165, 1.54) is 16.5 Å². The van der Waals surface area contributed by atoms with Crippen molar-refractivity contribution in [3.63, 3.8) is 0 Å². The fraction of sp³-hybridized carbons (Fsp3) is 0.0556. The van der Waals surface area contributed by atoms with Crippen molar-refractivity contribution in [3.8, 4) is 0 Å². The van der Waals surface area contributed by atoms with Crippen LogP contribution >= 0.6 is 15.9 Å². The monoisotopic (exact) mass is 336 g/mol. The number of aromatic nitrogens is 1. The summed E-state index contributed by atoms with van der Waals surface area (Å²) in [7, 11) is 0. The Bertz CT molecular complexity index is 837. The van der Waals surface area contributed by atoms with E-state index in [2.05, 4.69) is 80.8 Å². The molecule has 3 heteroatoms. The molecule has 0 saturated carbocycles. The van der Waals surface area contributed by atoms with Crippen LogP contribution in [-0.2, 0) is 0 Å². The molecule has 1 atom stereocenters. The van der Waals surface area contributed by atoms with E-state index in [4.69, 9.17) is 0 Å². The van der Waals surface area contributed by atoms with E-state index >= 15 is 0 Å². The molecular formula is C18H13BrN2. The first-order chi connectivity index (χ1) is 10.3. The summed E-state index contributed by atoms with van der Waals surface area (Å²) in [4.78, 5) is 4.43. The minimum Gasteiger partial charge on any atom is -0.374 e. The van der Waals surface area contributed by atoms with Crippen molar-refractivity contribution >= 4 is 38.6 Å². The maximum Gasteiger partial charge on any atom is 0.0723 e. The summed E-state index contributed by atoms with van der Waals surface area (Å²) in [6.45, 7) is 0. The highest BCUT2D eigenvalue weighted by Gasteiger charge is 2.16. The summed E-state index contributed by atoms with van der Waals surface area (Å²) >= 11 is 3.48. The number of hydrogen-bond acceptors (Lipinski definition) is 2. The lowest BCUT2D eigenvalue weighted by atomic mass is 9.98. The van der Waals surface area contributed by atoms with Gasteiger partial charge in [0.2, 0.25) is 0 Å². The first kappa shape index (κ1) is 12.6. The zero-order chi connectivity index (χ0) is 14.2. The first-order valence-electron chi connectivity index (χ1n) is 6.89. The molecule has 21 heavy (non-hydrogen) atoms. The van der Waals surface area contributed by atoms with Crippen LogP contribution in [0.25, 0.3) is 17.0 Å². The Balaban J connectivity index is 1.80. The molecule has 0 fully saturated rings. The average molecular weight is 337 g/mol. The quantitative estimate of drug-likeness (QED) is 0.662. The molecule has 0 amide bonds. The topological polar surface area (TPSA) is 24.9 Å². The number of pyridine rings is 1. The third kappa shape index (κ3) is 2.24. The van der Waals surface area contributed by atoms with Gasteiger partial charge in [0.05, 0.1) is 17.2 Å². The molecule has 2 aromatic carbocycles. The molecule has 102 valence electrons. The molecule has 1 aliphatic heterocycles. The fourth-order valence-corrected chi connectivity index (χ4v) is 3.00. The number of halogens is 1. The van der Waals surface area contributed by atoms with E-state index in [1.807, 2.05) is 12.3 Å². The molecule has 0 spiro atoms. The molecule has 2 nitrogen and oxygen atoms in total. The van der Waals surface area contributed by atoms with Gasteiger partial charge >= 0.3 is 0 Å². The highest BCUT2D eigenvalue weighted by atomic mass is 79.9. The van der Waals surface area contributed by atoms with Crippen molar-refractivity contribution in [2.75, 3.05) is 5.32 Å². The molecule has 0 radical (unpaired) electrons. The Hall–Kier alpha value is -2.13. The molecule has 0 aliphatic carbocycles. The van der Waals surface area contributed by atoms with Gasteiger partial charge in [0, 0.05) is 16.1 Å². The van der Waals surface area contributed by atoms with Crippen molar-refractivity contribution < 1.29 is 0 Å². The molecular weight excluding hydrogens is 324 g/mol. The van der Waals surface area contributed by atoms with E-state index < -0.39 is 0 Å². The zero-order valence-electron chi connectivity index (χ0n) is 11.3. The van der Waals surface area contributed by atoms with Gasteiger partial charge in [0.25, 0.3) is 0 Å². The largest absolute Gasteiger partial charge is 0.374 e. The van der Waals surface area contributed by atoms with Crippen molar-refractivity contribution in [2.45, 2.75) is 6.04 Å². The molecule has 1 N–H and O–H groups in total. The number of rotatable bonds is 1. The molecule has 2 heterocycles. The molecule has 4 rings (SSSR count). The SMILES string of the molecule is Brc1ccc(C2C=Cc3ccc4ncccc4c3N2)cc1. The zero-order valence-corrected chi connectivity index (χ0v) is 12.8. The van der Waals surface area contributed by atoms with Gasteiger partial charge in [0.15, 0.2) is 0 Å². The Morgan fingerprint density at radius 1 is 1.00 bits per heavy atom. The second-order valence-electron chi connectivity index (χ2n) is 5.13. The molecule has 1 unspecified atom stereocenters. The van der Waals surface area contributed by atoms with Gasteiger partial charge in [-0.3, -0.25) is 4.98 Å². The molecule has 3 aromatic rings. The van der Waals surface area contributed by atoms with E-state index in [1.54, 1.807) is 0 Å². The highest BCUT2D eigenvalue weighted by molar-refractivity contribution is 9.10. The van der Waals surface area contributed by atoms with Crippen LogP contribution in [-0.4, -0.2) is 4.98 Å². The van der Waals surface area contributed by atoms with Crippen molar-refractivity contribution in [1.82, 2.24) is 4.98 Å². The Labute approximate surface area is 131 Å². The lowest BCUT2D eigenvalue weighted by Crippen LogP contribution is -2.12. The number of hydrogen-bond donors (Lipinski definition) is 1. The van der Waals surface area contributed by atoms with Crippen molar-refractivity contribution in [2.24, 2.45) is 0 Å².